The summed E-state index contributed by atoms with van der Waals surface area (Å²) < 4.78 is 0. The van der Waals surface area contributed by atoms with Crippen molar-refractivity contribution < 1.29 is 5.11 Å². The highest BCUT2D eigenvalue weighted by Crippen LogP contribution is 2.08. The highest BCUT2D eigenvalue weighted by Gasteiger charge is 1.98. The lowest BCUT2D eigenvalue weighted by atomic mass is 10.0. The predicted molar refractivity (Wildman–Crippen MR) is 40.3 cm³/mol. The Kier molecular flexibility index (Phi) is 4.41. The van der Waals surface area contributed by atoms with Crippen molar-refractivity contribution >= 4 is 0 Å². The zero-order chi connectivity index (χ0) is 7.28. The molecule has 0 fully saturated rings. The summed E-state index contributed by atoms with van der Waals surface area (Å²) in [5.74, 6) is 0.418. The molecular formula is C8H16O. The fraction of sp³-hybridized carbons (Fsp3) is 0.750. The zero-order valence-electron chi connectivity index (χ0n) is 6.52. The molecule has 0 heterocycles. The Hall–Kier alpha value is -0.300. The second kappa shape index (κ2) is 4.57. The molecule has 0 rings (SSSR count). The molecule has 0 aliphatic heterocycles. The Labute approximate surface area is 57.4 Å². The van der Waals surface area contributed by atoms with Gasteiger partial charge in [-0.1, -0.05) is 18.6 Å². The minimum Gasteiger partial charge on any atom is -0.396 e. The number of aliphatic hydroxyl groups excluding tert-OH is 1. The molecule has 0 saturated carbocycles. The van der Waals surface area contributed by atoms with Crippen LogP contribution in [0.5, 0.6) is 0 Å². The standard InChI is InChI=1S/C8H16O/c1-4-7(2)5-8(3)6-9/h4,8-9H,5-6H2,1-3H3/b7-4-. The molecule has 0 spiro atoms. The molecule has 0 amide bonds. The van der Waals surface area contributed by atoms with Gasteiger partial charge in [-0.2, -0.15) is 0 Å². The lowest BCUT2D eigenvalue weighted by molar-refractivity contribution is 0.237. The summed E-state index contributed by atoms with van der Waals surface area (Å²) in [5.41, 5.74) is 1.36. The first-order chi connectivity index (χ1) is 4.20. The fourth-order valence-corrected chi connectivity index (χ4v) is 0.732. The number of rotatable bonds is 3. The van der Waals surface area contributed by atoms with Gasteiger partial charge in [0.1, 0.15) is 0 Å². The Balaban J connectivity index is 3.47. The van der Waals surface area contributed by atoms with Crippen molar-refractivity contribution in [1.29, 1.82) is 0 Å². The first-order valence-electron chi connectivity index (χ1n) is 3.43. The van der Waals surface area contributed by atoms with Gasteiger partial charge in [0.15, 0.2) is 0 Å². The summed E-state index contributed by atoms with van der Waals surface area (Å²) >= 11 is 0. The van der Waals surface area contributed by atoms with E-state index >= 15 is 0 Å². The van der Waals surface area contributed by atoms with Crippen LogP contribution in [0.2, 0.25) is 0 Å². The number of allylic oxidation sites excluding steroid dienone is 2. The van der Waals surface area contributed by atoms with Crippen LogP contribution in [0.1, 0.15) is 27.2 Å². The summed E-state index contributed by atoms with van der Waals surface area (Å²) in [6, 6.07) is 0. The normalized spacial score (nSPS) is 15.8. The van der Waals surface area contributed by atoms with Gasteiger partial charge in [-0.15, -0.1) is 0 Å². The zero-order valence-corrected chi connectivity index (χ0v) is 6.52. The Morgan fingerprint density at radius 1 is 1.67 bits per heavy atom. The van der Waals surface area contributed by atoms with Crippen LogP contribution < -0.4 is 0 Å². The summed E-state index contributed by atoms with van der Waals surface area (Å²) in [6.07, 6.45) is 3.11. The predicted octanol–water partition coefficient (Wildman–Crippen LogP) is 1.97. The van der Waals surface area contributed by atoms with Gasteiger partial charge >= 0.3 is 0 Å². The van der Waals surface area contributed by atoms with Crippen molar-refractivity contribution in [2.75, 3.05) is 6.61 Å². The maximum atomic E-state index is 8.65. The quantitative estimate of drug-likeness (QED) is 0.576. The minimum absolute atomic E-state index is 0.297. The van der Waals surface area contributed by atoms with E-state index in [2.05, 4.69) is 13.0 Å². The van der Waals surface area contributed by atoms with E-state index in [0.717, 1.165) is 6.42 Å². The van der Waals surface area contributed by atoms with E-state index in [9.17, 15) is 0 Å². The second-order valence-electron chi connectivity index (χ2n) is 2.63. The second-order valence-corrected chi connectivity index (χ2v) is 2.63. The molecule has 0 aliphatic rings. The van der Waals surface area contributed by atoms with Crippen LogP contribution >= 0.6 is 0 Å². The fourth-order valence-electron chi connectivity index (χ4n) is 0.732. The highest BCUT2D eigenvalue weighted by atomic mass is 16.3. The van der Waals surface area contributed by atoms with Crippen LogP contribution in [-0.4, -0.2) is 11.7 Å². The van der Waals surface area contributed by atoms with E-state index in [4.69, 9.17) is 5.11 Å². The molecule has 1 heteroatoms. The summed E-state index contributed by atoms with van der Waals surface area (Å²) in [6.45, 7) is 6.46. The van der Waals surface area contributed by atoms with Crippen molar-refractivity contribution in [1.82, 2.24) is 0 Å². The molecule has 0 aromatic carbocycles. The highest BCUT2D eigenvalue weighted by molar-refractivity contribution is 4.96. The van der Waals surface area contributed by atoms with Gasteiger partial charge in [-0.05, 0) is 26.2 Å². The van der Waals surface area contributed by atoms with Gasteiger partial charge in [0.2, 0.25) is 0 Å². The van der Waals surface area contributed by atoms with Gasteiger partial charge in [-0.25, -0.2) is 0 Å². The molecule has 0 aliphatic carbocycles. The third kappa shape index (κ3) is 4.22. The summed E-state index contributed by atoms with van der Waals surface area (Å²) in [5, 5.41) is 8.65. The number of hydrogen-bond donors (Lipinski definition) is 1. The molecular weight excluding hydrogens is 112 g/mol. The third-order valence-corrected chi connectivity index (χ3v) is 1.47. The molecule has 1 nitrogen and oxygen atoms in total. The van der Waals surface area contributed by atoms with Crippen LogP contribution in [0.25, 0.3) is 0 Å². The van der Waals surface area contributed by atoms with Crippen molar-refractivity contribution in [2.24, 2.45) is 5.92 Å². The van der Waals surface area contributed by atoms with Gasteiger partial charge in [0.05, 0.1) is 0 Å². The molecule has 0 bridgehead atoms. The molecule has 0 radical (unpaired) electrons. The maximum Gasteiger partial charge on any atom is 0.0459 e. The monoisotopic (exact) mass is 128 g/mol. The van der Waals surface area contributed by atoms with Gasteiger partial charge in [0, 0.05) is 6.61 Å². The topological polar surface area (TPSA) is 20.2 Å². The average molecular weight is 128 g/mol. The smallest absolute Gasteiger partial charge is 0.0459 e. The molecule has 1 unspecified atom stereocenters. The summed E-state index contributed by atoms with van der Waals surface area (Å²) in [7, 11) is 0. The average Bonchev–Trinajstić information content (AvgIpc) is 1.87. The van der Waals surface area contributed by atoms with Gasteiger partial charge in [0.25, 0.3) is 0 Å². The van der Waals surface area contributed by atoms with E-state index in [0.29, 0.717) is 12.5 Å². The minimum atomic E-state index is 0.297. The van der Waals surface area contributed by atoms with E-state index in [1.54, 1.807) is 0 Å². The molecule has 1 atom stereocenters. The third-order valence-electron chi connectivity index (χ3n) is 1.47. The molecule has 0 aromatic heterocycles. The van der Waals surface area contributed by atoms with Crippen LogP contribution in [0.15, 0.2) is 11.6 Å². The van der Waals surface area contributed by atoms with Crippen LogP contribution in [-0.2, 0) is 0 Å². The van der Waals surface area contributed by atoms with Crippen molar-refractivity contribution in [2.45, 2.75) is 27.2 Å². The molecule has 0 saturated heterocycles. The molecule has 9 heavy (non-hydrogen) atoms. The van der Waals surface area contributed by atoms with Gasteiger partial charge < -0.3 is 5.11 Å². The van der Waals surface area contributed by atoms with Crippen LogP contribution in [0, 0.1) is 5.92 Å². The maximum absolute atomic E-state index is 8.65. The van der Waals surface area contributed by atoms with E-state index in [1.165, 1.54) is 5.57 Å². The van der Waals surface area contributed by atoms with Crippen molar-refractivity contribution in [3.63, 3.8) is 0 Å². The van der Waals surface area contributed by atoms with Crippen LogP contribution in [0.4, 0.5) is 0 Å². The first-order valence-corrected chi connectivity index (χ1v) is 3.43. The lowest BCUT2D eigenvalue weighted by Gasteiger charge is -2.05. The Bertz CT molecular complexity index is 94.7. The van der Waals surface area contributed by atoms with Crippen LogP contribution in [0.3, 0.4) is 0 Å². The van der Waals surface area contributed by atoms with Crippen molar-refractivity contribution in [3.8, 4) is 0 Å². The number of aliphatic hydroxyl groups is 1. The largest absolute Gasteiger partial charge is 0.396 e. The summed E-state index contributed by atoms with van der Waals surface area (Å²) in [4.78, 5) is 0. The molecule has 0 aromatic rings. The molecule has 54 valence electrons. The van der Waals surface area contributed by atoms with Gasteiger partial charge in [-0.3, -0.25) is 0 Å². The Morgan fingerprint density at radius 2 is 2.22 bits per heavy atom. The van der Waals surface area contributed by atoms with Crippen molar-refractivity contribution in [3.05, 3.63) is 11.6 Å². The van der Waals surface area contributed by atoms with E-state index < -0.39 is 0 Å². The van der Waals surface area contributed by atoms with E-state index in [1.807, 2.05) is 13.8 Å². The van der Waals surface area contributed by atoms with E-state index in [-0.39, 0.29) is 0 Å². The molecule has 1 N–H and O–H groups in total. The first kappa shape index (κ1) is 8.70. The lowest BCUT2D eigenvalue weighted by Crippen LogP contribution is -2.00. The number of hydrogen-bond acceptors (Lipinski definition) is 1. The SMILES string of the molecule is C/C=C(/C)CC(C)CO. The Morgan fingerprint density at radius 3 is 2.56 bits per heavy atom.